The molecular formula is C18H16N4OS. The van der Waals surface area contributed by atoms with Crippen molar-refractivity contribution < 1.29 is 4.42 Å². The Morgan fingerprint density at radius 1 is 1.12 bits per heavy atom. The molecule has 6 heteroatoms. The third-order valence-corrected chi connectivity index (χ3v) is 5.63. The fraction of sp³-hybridized carbons (Fsp3) is 0.278. The second-order valence-electron chi connectivity index (χ2n) is 6.14. The highest BCUT2D eigenvalue weighted by Gasteiger charge is 2.27. The minimum atomic E-state index is 0.316. The van der Waals surface area contributed by atoms with Crippen LogP contribution in [0.15, 0.2) is 47.1 Å². The standard InChI is InChI=1S/C18H16N4OS/c1-2-6-15-13(5-1)20-17(23-15)12-4-3-9-22(11-12)18-21-14-10-19-8-7-16(14)24-18/h1-2,5-8,10,12H,3-4,9,11H2. The highest BCUT2D eigenvalue weighted by molar-refractivity contribution is 7.22. The Labute approximate surface area is 143 Å². The number of fused-ring (bicyclic) bond motifs is 2. The molecule has 1 saturated heterocycles. The van der Waals surface area contributed by atoms with Crippen molar-refractivity contribution in [2.45, 2.75) is 18.8 Å². The van der Waals surface area contributed by atoms with E-state index >= 15 is 0 Å². The molecule has 0 N–H and O–H groups in total. The number of rotatable bonds is 2. The molecule has 0 amide bonds. The van der Waals surface area contributed by atoms with Crippen LogP contribution >= 0.6 is 11.3 Å². The smallest absolute Gasteiger partial charge is 0.200 e. The maximum Gasteiger partial charge on any atom is 0.200 e. The molecule has 4 heterocycles. The predicted molar refractivity (Wildman–Crippen MR) is 95.6 cm³/mol. The molecule has 1 aromatic carbocycles. The Morgan fingerprint density at radius 3 is 3.00 bits per heavy atom. The molecule has 4 aromatic rings. The van der Waals surface area contributed by atoms with Crippen molar-refractivity contribution in [1.82, 2.24) is 15.0 Å². The first-order valence-corrected chi connectivity index (χ1v) is 8.99. The molecule has 1 fully saturated rings. The van der Waals surface area contributed by atoms with Gasteiger partial charge in [0.2, 0.25) is 0 Å². The molecule has 0 spiro atoms. The molecule has 24 heavy (non-hydrogen) atoms. The summed E-state index contributed by atoms with van der Waals surface area (Å²) >= 11 is 1.73. The van der Waals surface area contributed by atoms with Crippen LogP contribution in [0, 0.1) is 0 Å². The Balaban J connectivity index is 1.45. The lowest BCUT2D eigenvalue weighted by Crippen LogP contribution is -2.34. The van der Waals surface area contributed by atoms with E-state index in [2.05, 4.69) is 14.9 Å². The third kappa shape index (κ3) is 2.34. The van der Waals surface area contributed by atoms with Crippen LogP contribution in [0.1, 0.15) is 24.7 Å². The summed E-state index contributed by atoms with van der Waals surface area (Å²) in [5, 5.41) is 1.07. The first-order valence-electron chi connectivity index (χ1n) is 8.18. The lowest BCUT2D eigenvalue weighted by molar-refractivity contribution is 0.413. The summed E-state index contributed by atoms with van der Waals surface area (Å²) in [5.74, 6) is 1.17. The Bertz CT molecular complexity index is 862. The third-order valence-electron chi connectivity index (χ3n) is 4.53. The van der Waals surface area contributed by atoms with Gasteiger partial charge < -0.3 is 9.32 Å². The molecule has 5 rings (SSSR count). The fourth-order valence-electron chi connectivity index (χ4n) is 3.32. The zero-order chi connectivity index (χ0) is 15.9. The van der Waals surface area contributed by atoms with E-state index in [1.54, 1.807) is 11.3 Å². The van der Waals surface area contributed by atoms with Gasteiger partial charge in [-0.3, -0.25) is 4.98 Å². The van der Waals surface area contributed by atoms with Crippen LogP contribution < -0.4 is 4.90 Å². The molecule has 1 unspecified atom stereocenters. The minimum Gasteiger partial charge on any atom is -0.440 e. The molecule has 0 bridgehead atoms. The summed E-state index contributed by atoms with van der Waals surface area (Å²) in [6, 6.07) is 9.99. The average Bonchev–Trinajstić information content (AvgIpc) is 3.26. The van der Waals surface area contributed by atoms with Gasteiger partial charge in [-0.1, -0.05) is 23.5 Å². The molecule has 0 aliphatic carbocycles. The van der Waals surface area contributed by atoms with Gasteiger partial charge in [0.25, 0.3) is 0 Å². The van der Waals surface area contributed by atoms with E-state index in [0.717, 1.165) is 53.6 Å². The van der Waals surface area contributed by atoms with E-state index in [1.165, 1.54) is 4.70 Å². The number of piperidine rings is 1. The molecule has 3 aromatic heterocycles. The van der Waals surface area contributed by atoms with Crippen LogP contribution in [0.4, 0.5) is 5.13 Å². The van der Waals surface area contributed by atoms with Crippen molar-refractivity contribution in [3.8, 4) is 0 Å². The number of hydrogen-bond acceptors (Lipinski definition) is 6. The van der Waals surface area contributed by atoms with Crippen LogP contribution in [-0.2, 0) is 0 Å². The van der Waals surface area contributed by atoms with Crippen molar-refractivity contribution in [2.75, 3.05) is 18.0 Å². The van der Waals surface area contributed by atoms with E-state index in [-0.39, 0.29) is 0 Å². The predicted octanol–water partition coefficient (Wildman–Crippen LogP) is 4.22. The van der Waals surface area contributed by atoms with Crippen molar-refractivity contribution in [3.63, 3.8) is 0 Å². The lowest BCUT2D eigenvalue weighted by atomic mass is 9.98. The second kappa shape index (κ2) is 5.56. The van der Waals surface area contributed by atoms with Crippen LogP contribution in [0.5, 0.6) is 0 Å². The fourth-order valence-corrected chi connectivity index (χ4v) is 4.29. The Kier molecular flexibility index (Phi) is 3.23. The molecular weight excluding hydrogens is 320 g/mol. The van der Waals surface area contributed by atoms with Gasteiger partial charge in [0.1, 0.15) is 11.0 Å². The van der Waals surface area contributed by atoms with Crippen LogP contribution in [-0.4, -0.2) is 28.0 Å². The normalized spacial score (nSPS) is 18.5. The summed E-state index contributed by atoms with van der Waals surface area (Å²) in [6.07, 6.45) is 5.88. The van der Waals surface area contributed by atoms with Gasteiger partial charge in [-0.25, -0.2) is 9.97 Å². The Hall–Kier alpha value is -2.47. The first kappa shape index (κ1) is 13.9. The average molecular weight is 336 g/mol. The van der Waals surface area contributed by atoms with Crippen molar-refractivity contribution >= 4 is 37.8 Å². The second-order valence-corrected chi connectivity index (χ2v) is 7.15. The number of para-hydroxylation sites is 2. The van der Waals surface area contributed by atoms with E-state index in [4.69, 9.17) is 9.40 Å². The van der Waals surface area contributed by atoms with Gasteiger partial charge in [0.15, 0.2) is 16.6 Å². The zero-order valence-electron chi connectivity index (χ0n) is 13.1. The highest BCUT2D eigenvalue weighted by Crippen LogP contribution is 2.34. The summed E-state index contributed by atoms with van der Waals surface area (Å²) in [4.78, 5) is 15.9. The summed E-state index contributed by atoms with van der Waals surface area (Å²) in [6.45, 7) is 1.93. The van der Waals surface area contributed by atoms with E-state index in [9.17, 15) is 0 Å². The SMILES string of the molecule is c1ccc2oc(C3CCCN(c4nc5cnccc5s4)C3)nc2c1. The number of anilines is 1. The Morgan fingerprint density at radius 2 is 2.08 bits per heavy atom. The molecule has 1 aliphatic rings. The van der Waals surface area contributed by atoms with Gasteiger partial charge in [-0.15, -0.1) is 0 Å². The van der Waals surface area contributed by atoms with Crippen LogP contribution in [0.3, 0.4) is 0 Å². The van der Waals surface area contributed by atoms with Crippen molar-refractivity contribution in [3.05, 3.63) is 48.6 Å². The topological polar surface area (TPSA) is 55.1 Å². The van der Waals surface area contributed by atoms with E-state index in [0.29, 0.717) is 5.92 Å². The van der Waals surface area contributed by atoms with Gasteiger partial charge >= 0.3 is 0 Å². The van der Waals surface area contributed by atoms with Gasteiger partial charge in [0.05, 0.1) is 16.8 Å². The largest absolute Gasteiger partial charge is 0.440 e. The summed E-state index contributed by atoms with van der Waals surface area (Å²) < 4.78 is 7.17. The molecule has 1 atom stereocenters. The monoisotopic (exact) mass is 336 g/mol. The lowest BCUT2D eigenvalue weighted by Gasteiger charge is -2.30. The zero-order valence-corrected chi connectivity index (χ0v) is 13.9. The molecule has 0 radical (unpaired) electrons. The van der Waals surface area contributed by atoms with Crippen LogP contribution in [0.25, 0.3) is 21.3 Å². The number of thiazole rings is 1. The molecule has 5 nitrogen and oxygen atoms in total. The number of aromatic nitrogens is 3. The van der Waals surface area contributed by atoms with Gasteiger partial charge in [-0.05, 0) is 31.0 Å². The van der Waals surface area contributed by atoms with Crippen molar-refractivity contribution in [2.24, 2.45) is 0 Å². The quantitative estimate of drug-likeness (QED) is 0.549. The molecule has 1 aliphatic heterocycles. The molecule has 0 saturated carbocycles. The number of nitrogens with zero attached hydrogens (tertiary/aromatic N) is 4. The van der Waals surface area contributed by atoms with Crippen LogP contribution in [0.2, 0.25) is 0 Å². The number of benzene rings is 1. The van der Waals surface area contributed by atoms with Gasteiger partial charge in [-0.2, -0.15) is 0 Å². The maximum atomic E-state index is 5.99. The highest BCUT2D eigenvalue weighted by atomic mass is 32.1. The number of hydrogen-bond donors (Lipinski definition) is 0. The van der Waals surface area contributed by atoms with E-state index < -0.39 is 0 Å². The van der Waals surface area contributed by atoms with Crippen molar-refractivity contribution in [1.29, 1.82) is 0 Å². The maximum absolute atomic E-state index is 5.99. The minimum absolute atomic E-state index is 0.316. The van der Waals surface area contributed by atoms with E-state index in [1.807, 2.05) is 42.7 Å². The van der Waals surface area contributed by atoms with Gasteiger partial charge in [0, 0.05) is 19.3 Å². The number of pyridine rings is 1. The first-order chi connectivity index (χ1) is 11.9. The summed E-state index contributed by atoms with van der Waals surface area (Å²) in [5.41, 5.74) is 2.79. The number of oxazole rings is 1. The summed E-state index contributed by atoms with van der Waals surface area (Å²) in [7, 11) is 0. The molecule has 120 valence electrons.